The van der Waals surface area contributed by atoms with Crippen molar-refractivity contribution < 1.29 is 0 Å². The largest absolute Gasteiger partial charge is 0.268 e. The molecular weight excluding hydrogens is 124 g/mol. The maximum absolute atomic E-state index is 5.59. The first-order valence-electron chi connectivity index (χ1n) is 3.56. The summed E-state index contributed by atoms with van der Waals surface area (Å²) in [5.41, 5.74) is 0. The Labute approximate surface area is 63.4 Å². The highest BCUT2D eigenvalue weighted by atomic mass is 15.4. The van der Waals surface area contributed by atoms with Crippen LogP contribution in [0.1, 0.15) is 20.8 Å². The molecule has 0 aliphatic heterocycles. The van der Waals surface area contributed by atoms with E-state index in [4.69, 9.17) is 5.84 Å². The Morgan fingerprint density at radius 1 is 1.50 bits per heavy atom. The van der Waals surface area contributed by atoms with Crippen molar-refractivity contribution in [2.75, 3.05) is 13.1 Å². The molecule has 0 bridgehead atoms. The van der Waals surface area contributed by atoms with E-state index in [0.717, 1.165) is 6.54 Å². The average molecular weight is 140 g/mol. The first kappa shape index (κ1) is 9.48. The molecule has 0 fully saturated rings. The van der Waals surface area contributed by atoms with Gasteiger partial charge in [-0.1, -0.05) is 19.8 Å². The normalized spacial score (nSPS) is 9.80. The molecule has 0 unspecified atom stereocenters. The van der Waals surface area contributed by atoms with E-state index < -0.39 is 0 Å². The summed E-state index contributed by atoms with van der Waals surface area (Å²) in [5.74, 6) is 11.9. The molecular formula is C8H16N2. The molecule has 0 spiro atoms. The van der Waals surface area contributed by atoms with E-state index in [1.807, 2.05) is 6.92 Å². The minimum absolute atomic E-state index is 0.614. The quantitative estimate of drug-likeness (QED) is 0.357. The molecule has 0 saturated heterocycles. The second-order valence-corrected chi connectivity index (χ2v) is 2.75. The van der Waals surface area contributed by atoms with Gasteiger partial charge in [-0.05, 0) is 12.8 Å². The topological polar surface area (TPSA) is 29.3 Å². The first-order chi connectivity index (χ1) is 4.66. The van der Waals surface area contributed by atoms with Gasteiger partial charge in [-0.2, -0.15) is 0 Å². The molecule has 2 N–H and O–H groups in total. The van der Waals surface area contributed by atoms with Gasteiger partial charge in [-0.3, -0.25) is 5.84 Å². The number of nitrogens with zero attached hydrogens (tertiary/aromatic N) is 1. The Bertz CT molecular complexity index is 130. The highest BCUT2D eigenvalue weighted by molar-refractivity contribution is 4.96. The summed E-state index contributed by atoms with van der Waals surface area (Å²) >= 11 is 0. The lowest BCUT2D eigenvalue weighted by atomic mass is 10.2. The second-order valence-electron chi connectivity index (χ2n) is 2.75. The van der Waals surface area contributed by atoms with Gasteiger partial charge in [0, 0.05) is 6.54 Å². The molecule has 0 aromatic heterocycles. The third-order valence-electron chi connectivity index (χ3n) is 1.06. The number of hydrogen-bond acceptors (Lipinski definition) is 2. The minimum atomic E-state index is 0.614. The van der Waals surface area contributed by atoms with E-state index in [1.54, 1.807) is 5.01 Å². The van der Waals surface area contributed by atoms with Gasteiger partial charge in [0.15, 0.2) is 0 Å². The SMILES string of the molecule is CC#CCN(N)CC(C)C. The lowest BCUT2D eigenvalue weighted by Crippen LogP contribution is -2.34. The van der Waals surface area contributed by atoms with Crippen LogP contribution < -0.4 is 5.84 Å². The van der Waals surface area contributed by atoms with Crippen molar-refractivity contribution >= 4 is 0 Å². The molecule has 0 rings (SSSR count). The summed E-state index contributed by atoms with van der Waals surface area (Å²) in [5, 5.41) is 1.74. The summed E-state index contributed by atoms with van der Waals surface area (Å²) in [6, 6.07) is 0. The van der Waals surface area contributed by atoms with E-state index in [2.05, 4.69) is 25.7 Å². The van der Waals surface area contributed by atoms with Crippen LogP contribution in [0.25, 0.3) is 0 Å². The van der Waals surface area contributed by atoms with Crippen LogP contribution in [0.4, 0.5) is 0 Å². The van der Waals surface area contributed by atoms with Crippen LogP contribution >= 0.6 is 0 Å². The Balaban J connectivity index is 3.40. The van der Waals surface area contributed by atoms with Gasteiger partial charge in [0.1, 0.15) is 0 Å². The second kappa shape index (κ2) is 5.28. The molecule has 0 aromatic rings. The highest BCUT2D eigenvalue weighted by Crippen LogP contribution is 1.91. The monoisotopic (exact) mass is 140 g/mol. The van der Waals surface area contributed by atoms with Crippen LogP contribution in [-0.4, -0.2) is 18.1 Å². The lowest BCUT2D eigenvalue weighted by Gasteiger charge is -2.14. The summed E-state index contributed by atoms with van der Waals surface area (Å²) < 4.78 is 0. The molecule has 2 nitrogen and oxygen atoms in total. The molecule has 0 atom stereocenters. The summed E-state index contributed by atoms with van der Waals surface area (Å²) in [4.78, 5) is 0. The van der Waals surface area contributed by atoms with E-state index >= 15 is 0 Å². The summed E-state index contributed by atoms with van der Waals surface area (Å²) in [7, 11) is 0. The van der Waals surface area contributed by atoms with E-state index in [1.165, 1.54) is 0 Å². The predicted octanol–water partition coefficient (Wildman–Crippen LogP) is 0.841. The van der Waals surface area contributed by atoms with Gasteiger partial charge in [-0.15, -0.1) is 5.92 Å². The van der Waals surface area contributed by atoms with Gasteiger partial charge in [-0.25, -0.2) is 5.01 Å². The van der Waals surface area contributed by atoms with Gasteiger partial charge in [0.05, 0.1) is 6.54 Å². The standard InChI is InChI=1S/C8H16N2/c1-4-5-6-10(9)7-8(2)3/h8H,6-7,9H2,1-3H3. The van der Waals surface area contributed by atoms with Gasteiger partial charge >= 0.3 is 0 Å². The molecule has 0 heterocycles. The Morgan fingerprint density at radius 2 is 2.10 bits per heavy atom. The van der Waals surface area contributed by atoms with Gasteiger partial charge in [0.25, 0.3) is 0 Å². The fourth-order valence-electron chi connectivity index (χ4n) is 0.714. The van der Waals surface area contributed by atoms with Crippen molar-refractivity contribution in [2.24, 2.45) is 11.8 Å². The number of hydrogen-bond donors (Lipinski definition) is 1. The smallest absolute Gasteiger partial charge is 0.0740 e. The van der Waals surface area contributed by atoms with Crippen LogP contribution in [0.2, 0.25) is 0 Å². The molecule has 58 valence electrons. The Morgan fingerprint density at radius 3 is 2.50 bits per heavy atom. The van der Waals surface area contributed by atoms with Crippen LogP contribution in [0, 0.1) is 17.8 Å². The fraction of sp³-hybridized carbons (Fsp3) is 0.750. The van der Waals surface area contributed by atoms with Crippen molar-refractivity contribution in [3.63, 3.8) is 0 Å². The first-order valence-corrected chi connectivity index (χ1v) is 3.56. The van der Waals surface area contributed by atoms with Gasteiger partial charge < -0.3 is 0 Å². The number of rotatable bonds is 3. The van der Waals surface area contributed by atoms with E-state index in [-0.39, 0.29) is 0 Å². The van der Waals surface area contributed by atoms with Crippen LogP contribution in [0.5, 0.6) is 0 Å². The maximum atomic E-state index is 5.59. The molecule has 0 saturated carbocycles. The van der Waals surface area contributed by atoms with Crippen LogP contribution in [-0.2, 0) is 0 Å². The average Bonchev–Trinajstić information content (AvgIpc) is 1.82. The zero-order chi connectivity index (χ0) is 7.98. The molecule has 2 heteroatoms. The predicted molar refractivity (Wildman–Crippen MR) is 44.0 cm³/mol. The van der Waals surface area contributed by atoms with Crippen molar-refractivity contribution in [1.29, 1.82) is 0 Å². The van der Waals surface area contributed by atoms with Crippen molar-refractivity contribution in [3.8, 4) is 11.8 Å². The number of nitrogens with two attached hydrogens (primary N) is 1. The molecule has 0 aliphatic carbocycles. The van der Waals surface area contributed by atoms with Crippen molar-refractivity contribution in [1.82, 2.24) is 5.01 Å². The molecule has 0 radical (unpaired) electrons. The zero-order valence-corrected chi connectivity index (χ0v) is 7.02. The summed E-state index contributed by atoms with van der Waals surface area (Å²) in [6.07, 6.45) is 0. The lowest BCUT2D eigenvalue weighted by molar-refractivity contribution is 0.281. The molecule has 0 aliphatic rings. The fourth-order valence-corrected chi connectivity index (χ4v) is 0.714. The highest BCUT2D eigenvalue weighted by Gasteiger charge is 1.98. The van der Waals surface area contributed by atoms with Crippen LogP contribution in [0.3, 0.4) is 0 Å². The van der Waals surface area contributed by atoms with Gasteiger partial charge in [0.2, 0.25) is 0 Å². The molecule has 10 heavy (non-hydrogen) atoms. The third-order valence-corrected chi connectivity index (χ3v) is 1.06. The summed E-state index contributed by atoms with van der Waals surface area (Å²) in [6.45, 7) is 7.69. The minimum Gasteiger partial charge on any atom is -0.268 e. The molecule has 0 aromatic carbocycles. The van der Waals surface area contributed by atoms with Crippen molar-refractivity contribution in [3.05, 3.63) is 0 Å². The third kappa shape index (κ3) is 5.61. The van der Waals surface area contributed by atoms with Crippen molar-refractivity contribution in [2.45, 2.75) is 20.8 Å². The number of hydrazine groups is 1. The zero-order valence-electron chi connectivity index (χ0n) is 7.02. The van der Waals surface area contributed by atoms with E-state index in [9.17, 15) is 0 Å². The Hall–Kier alpha value is -0.520. The van der Waals surface area contributed by atoms with Crippen LogP contribution in [0.15, 0.2) is 0 Å². The molecule has 0 amide bonds. The van der Waals surface area contributed by atoms with E-state index in [0.29, 0.717) is 12.5 Å². The Kier molecular flexibility index (Phi) is 5.00. The maximum Gasteiger partial charge on any atom is 0.0740 e.